The average molecular weight is 448 g/mol. The highest BCUT2D eigenvalue weighted by molar-refractivity contribution is 6.30. The number of carbonyl (C=O) groups excluding carboxylic acids is 1. The zero-order valence-corrected chi connectivity index (χ0v) is 18.6. The predicted octanol–water partition coefficient (Wildman–Crippen LogP) is 6.56. The fourth-order valence-corrected chi connectivity index (χ4v) is 3.44. The van der Waals surface area contributed by atoms with Gasteiger partial charge in [0.25, 0.3) is 0 Å². The van der Waals surface area contributed by atoms with E-state index in [9.17, 15) is 4.79 Å². The Bertz CT molecular complexity index is 1330. The fourth-order valence-electron chi connectivity index (χ4n) is 3.31. The molecule has 0 aliphatic rings. The molecule has 0 atom stereocenters. The molecular weight excluding hydrogens is 426 g/mol. The number of esters is 1. The number of hydrogen-bond donors (Lipinski definition) is 0. The SMILES string of the molecule is CCOC(=O)c1cccc(N=c2cc(-c3ccc(Cl)cc3)oc3ccc(OCC)cc23)c1. The van der Waals surface area contributed by atoms with E-state index in [4.69, 9.17) is 30.5 Å². The number of ether oxygens (including phenoxy) is 2. The monoisotopic (exact) mass is 447 g/mol. The number of halogens is 1. The second kappa shape index (κ2) is 9.71. The first-order chi connectivity index (χ1) is 15.6. The van der Waals surface area contributed by atoms with Gasteiger partial charge in [-0.05, 0) is 74.5 Å². The van der Waals surface area contributed by atoms with Gasteiger partial charge in [0.05, 0.1) is 29.8 Å². The molecule has 32 heavy (non-hydrogen) atoms. The molecule has 0 aliphatic heterocycles. The van der Waals surface area contributed by atoms with Gasteiger partial charge >= 0.3 is 5.97 Å². The zero-order valence-electron chi connectivity index (χ0n) is 17.8. The largest absolute Gasteiger partial charge is 0.494 e. The molecule has 1 aromatic heterocycles. The number of hydrogen-bond acceptors (Lipinski definition) is 5. The number of rotatable bonds is 6. The molecule has 0 radical (unpaired) electrons. The fraction of sp³-hybridized carbons (Fsp3) is 0.154. The number of carbonyl (C=O) groups is 1. The highest BCUT2D eigenvalue weighted by Gasteiger charge is 2.10. The van der Waals surface area contributed by atoms with Crippen LogP contribution in [0.3, 0.4) is 0 Å². The van der Waals surface area contributed by atoms with E-state index in [-0.39, 0.29) is 5.97 Å². The summed E-state index contributed by atoms with van der Waals surface area (Å²) < 4.78 is 16.9. The maximum Gasteiger partial charge on any atom is 0.338 e. The lowest BCUT2D eigenvalue weighted by molar-refractivity contribution is 0.0526. The van der Waals surface area contributed by atoms with Crippen LogP contribution in [0.5, 0.6) is 5.75 Å². The van der Waals surface area contributed by atoms with Crippen molar-refractivity contribution >= 4 is 34.2 Å². The number of benzene rings is 3. The number of fused-ring (bicyclic) bond motifs is 1. The normalized spacial score (nSPS) is 11.5. The Morgan fingerprint density at radius 1 is 0.969 bits per heavy atom. The van der Waals surface area contributed by atoms with E-state index in [0.29, 0.717) is 46.2 Å². The third-order valence-corrected chi connectivity index (χ3v) is 5.01. The van der Waals surface area contributed by atoms with E-state index < -0.39 is 0 Å². The van der Waals surface area contributed by atoms with Crippen LogP contribution in [0.2, 0.25) is 5.02 Å². The Morgan fingerprint density at radius 3 is 2.53 bits per heavy atom. The summed E-state index contributed by atoms with van der Waals surface area (Å²) in [5.74, 6) is 1.00. The first-order valence-electron chi connectivity index (χ1n) is 10.4. The van der Waals surface area contributed by atoms with Gasteiger partial charge in [-0.15, -0.1) is 0 Å². The molecule has 0 N–H and O–H groups in total. The Morgan fingerprint density at radius 2 is 1.78 bits per heavy atom. The van der Waals surface area contributed by atoms with Crippen molar-refractivity contribution in [2.45, 2.75) is 13.8 Å². The average Bonchev–Trinajstić information content (AvgIpc) is 2.80. The Hall–Kier alpha value is -3.57. The van der Waals surface area contributed by atoms with Crippen molar-refractivity contribution in [3.8, 4) is 17.1 Å². The molecule has 0 fully saturated rings. The summed E-state index contributed by atoms with van der Waals surface area (Å²) in [5.41, 5.74) is 2.63. The molecule has 4 aromatic rings. The molecule has 162 valence electrons. The van der Waals surface area contributed by atoms with Crippen molar-refractivity contribution in [1.29, 1.82) is 0 Å². The lowest BCUT2D eigenvalue weighted by Gasteiger charge is -2.08. The van der Waals surface area contributed by atoms with E-state index in [0.717, 1.165) is 16.7 Å². The maximum absolute atomic E-state index is 12.1. The van der Waals surface area contributed by atoms with Crippen molar-refractivity contribution in [2.24, 2.45) is 4.99 Å². The van der Waals surface area contributed by atoms with E-state index in [1.165, 1.54) is 0 Å². The summed E-state index contributed by atoms with van der Waals surface area (Å²) in [6.45, 7) is 4.58. The Kier molecular flexibility index (Phi) is 6.57. The third kappa shape index (κ3) is 4.84. The summed E-state index contributed by atoms with van der Waals surface area (Å²) in [5, 5.41) is 2.14. The highest BCUT2D eigenvalue weighted by atomic mass is 35.5. The van der Waals surface area contributed by atoms with Gasteiger partial charge in [-0.25, -0.2) is 9.79 Å². The van der Waals surface area contributed by atoms with Gasteiger partial charge in [0.1, 0.15) is 17.1 Å². The van der Waals surface area contributed by atoms with Crippen LogP contribution >= 0.6 is 11.6 Å². The molecule has 3 aromatic carbocycles. The van der Waals surface area contributed by atoms with Crippen LogP contribution in [0.25, 0.3) is 22.3 Å². The first-order valence-corrected chi connectivity index (χ1v) is 10.7. The van der Waals surface area contributed by atoms with Gasteiger partial charge in [0, 0.05) is 22.0 Å². The van der Waals surface area contributed by atoms with Crippen molar-refractivity contribution in [3.63, 3.8) is 0 Å². The lowest BCUT2D eigenvalue weighted by atomic mass is 10.1. The second-order valence-corrected chi connectivity index (χ2v) is 7.41. The minimum absolute atomic E-state index is 0.315. The van der Waals surface area contributed by atoms with E-state index in [1.807, 2.05) is 61.5 Å². The first kappa shape index (κ1) is 21.7. The van der Waals surface area contributed by atoms with Crippen molar-refractivity contribution in [3.05, 3.63) is 88.7 Å². The molecular formula is C26H22ClNO4. The topological polar surface area (TPSA) is 61.0 Å². The summed E-state index contributed by atoms with van der Waals surface area (Å²) >= 11 is 6.04. The molecule has 0 aliphatic carbocycles. The Balaban J connectivity index is 1.90. The van der Waals surface area contributed by atoms with Crippen LogP contribution in [0.4, 0.5) is 5.69 Å². The van der Waals surface area contributed by atoms with Crippen LogP contribution in [-0.2, 0) is 4.74 Å². The number of nitrogens with zero attached hydrogens (tertiary/aromatic N) is 1. The molecule has 0 saturated heterocycles. The van der Waals surface area contributed by atoms with Gasteiger partial charge in [-0.3, -0.25) is 0 Å². The minimum Gasteiger partial charge on any atom is -0.494 e. The Labute approximate surface area is 190 Å². The quantitative estimate of drug-likeness (QED) is 0.314. The van der Waals surface area contributed by atoms with Gasteiger partial charge < -0.3 is 13.9 Å². The molecule has 6 heteroatoms. The molecule has 0 bridgehead atoms. The van der Waals surface area contributed by atoms with E-state index in [1.54, 1.807) is 25.1 Å². The summed E-state index contributed by atoms with van der Waals surface area (Å²) in [7, 11) is 0. The van der Waals surface area contributed by atoms with Crippen LogP contribution in [0.1, 0.15) is 24.2 Å². The van der Waals surface area contributed by atoms with Crippen LogP contribution in [0.15, 0.2) is 82.2 Å². The third-order valence-electron chi connectivity index (χ3n) is 4.76. The van der Waals surface area contributed by atoms with Crippen molar-refractivity contribution < 1.29 is 18.7 Å². The summed E-state index contributed by atoms with van der Waals surface area (Å²) in [6.07, 6.45) is 0. The van der Waals surface area contributed by atoms with E-state index >= 15 is 0 Å². The minimum atomic E-state index is -0.377. The molecule has 0 saturated carbocycles. The zero-order chi connectivity index (χ0) is 22.5. The standard InChI is InChI=1S/C26H22ClNO4/c1-3-30-21-12-13-24-22(15-21)23(16-25(32-24)17-8-10-19(27)11-9-17)28-20-7-5-6-18(14-20)26(29)31-4-2/h5-16H,3-4H2,1-2H3. The molecule has 4 rings (SSSR count). The van der Waals surface area contributed by atoms with E-state index in [2.05, 4.69) is 0 Å². The van der Waals surface area contributed by atoms with Crippen molar-refractivity contribution in [1.82, 2.24) is 0 Å². The molecule has 0 amide bonds. The predicted molar refractivity (Wildman–Crippen MR) is 125 cm³/mol. The van der Waals surface area contributed by atoms with Crippen LogP contribution in [-0.4, -0.2) is 19.2 Å². The molecule has 1 heterocycles. The smallest absolute Gasteiger partial charge is 0.338 e. The summed E-state index contributed by atoms with van der Waals surface area (Å²) in [4.78, 5) is 17.0. The molecule has 0 unspecified atom stereocenters. The lowest BCUT2D eigenvalue weighted by Crippen LogP contribution is -2.05. The maximum atomic E-state index is 12.1. The highest BCUT2D eigenvalue weighted by Crippen LogP contribution is 2.26. The van der Waals surface area contributed by atoms with Crippen LogP contribution < -0.4 is 10.1 Å². The van der Waals surface area contributed by atoms with Crippen molar-refractivity contribution in [2.75, 3.05) is 13.2 Å². The molecule has 0 spiro atoms. The molecule has 5 nitrogen and oxygen atoms in total. The second-order valence-electron chi connectivity index (χ2n) is 6.98. The van der Waals surface area contributed by atoms with Gasteiger partial charge in [-0.1, -0.05) is 17.7 Å². The van der Waals surface area contributed by atoms with Gasteiger partial charge in [0.15, 0.2) is 0 Å². The van der Waals surface area contributed by atoms with Gasteiger partial charge in [-0.2, -0.15) is 0 Å². The summed E-state index contributed by atoms with van der Waals surface area (Å²) in [6, 6.07) is 22.0. The van der Waals surface area contributed by atoms with Crippen LogP contribution in [0, 0.1) is 0 Å². The van der Waals surface area contributed by atoms with Gasteiger partial charge in [0.2, 0.25) is 0 Å².